The molecule has 0 radical (unpaired) electrons. The minimum atomic E-state index is -1.82. The van der Waals surface area contributed by atoms with Gasteiger partial charge in [0.2, 0.25) is 0 Å². The van der Waals surface area contributed by atoms with Gasteiger partial charge in [0.25, 0.3) is 0 Å². The van der Waals surface area contributed by atoms with E-state index in [2.05, 4.69) is 13.2 Å². The van der Waals surface area contributed by atoms with Crippen LogP contribution in [-0.4, -0.2) is 22.2 Å². The fourth-order valence-corrected chi connectivity index (χ4v) is 0. The van der Waals surface area contributed by atoms with Crippen LogP contribution in [0, 0.1) is 0 Å². The zero-order chi connectivity index (χ0) is 7.15. The van der Waals surface area contributed by atoms with Crippen LogP contribution in [0.2, 0.25) is 0 Å². The number of hydrogen-bond donors (Lipinski definition) is 3. The predicted molar refractivity (Wildman–Crippen MR) is 31.5 cm³/mol. The summed E-state index contributed by atoms with van der Waals surface area (Å²) < 4.78 is 0. The van der Waals surface area contributed by atoms with Crippen molar-refractivity contribution in [2.75, 3.05) is 0 Å². The Morgan fingerprint density at radius 1 is 1.00 bits per heavy atom. The molecule has 5 N–H and O–H groups in total. The largest absolute Gasteiger partial charge is 0.473 e. The summed E-state index contributed by atoms with van der Waals surface area (Å²) in [5.74, 6) is -3.65. The van der Waals surface area contributed by atoms with Crippen molar-refractivity contribution in [3.8, 4) is 0 Å². The highest BCUT2D eigenvalue weighted by Crippen LogP contribution is 1.56. The first kappa shape index (κ1) is 15.6. The van der Waals surface area contributed by atoms with Gasteiger partial charge >= 0.3 is 11.9 Å². The molecule has 0 rings (SSSR count). The number of hydrogen-bond acceptors (Lipinski definition) is 3. The van der Waals surface area contributed by atoms with E-state index in [0.29, 0.717) is 0 Å². The fourth-order valence-electron chi connectivity index (χ4n) is 0. The molecule has 0 atom stereocenters. The molecule has 0 saturated carbocycles. The maximum Gasteiger partial charge on any atom is 0.414 e. The van der Waals surface area contributed by atoms with Crippen molar-refractivity contribution in [1.29, 1.82) is 0 Å². The van der Waals surface area contributed by atoms with Gasteiger partial charge in [-0.05, 0) is 0 Å². The third kappa shape index (κ3) is 20.5. The highest BCUT2D eigenvalue weighted by Gasteiger charge is 2.04. The van der Waals surface area contributed by atoms with E-state index < -0.39 is 11.9 Å². The van der Waals surface area contributed by atoms with Crippen LogP contribution < -0.4 is 6.15 Å². The van der Waals surface area contributed by atoms with Gasteiger partial charge < -0.3 is 16.4 Å². The molecule has 5 nitrogen and oxygen atoms in total. The first-order valence-electron chi connectivity index (χ1n) is 1.61. The van der Waals surface area contributed by atoms with Gasteiger partial charge in [0.15, 0.2) is 0 Å². The number of carbonyl (C=O) groups is 2. The van der Waals surface area contributed by atoms with E-state index in [0.717, 1.165) is 0 Å². The van der Waals surface area contributed by atoms with Crippen molar-refractivity contribution in [3.63, 3.8) is 0 Å². The Morgan fingerprint density at radius 2 is 1.11 bits per heavy atom. The van der Waals surface area contributed by atoms with Crippen LogP contribution >= 0.6 is 0 Å². The molecule has 0 aromatic carbocycles. The predicted octanol–water partition coefficient (Wildman–Crippen LogP) is 0.120. The maximum atomic E-state index is 9.10. The molecule has 54 valence electrons. The maximum absolute atomic E-state index is 9.10. The number of aliphatic carboxylic acids is 2. The first-order chi connectivity index (χ1) is 3.64. The molecule has 0 heterocycles. The molecule has 0 fully saturated rings. The van der Waals surface area contributed by atoms with Gasteiger partial charge in [0, 0.05) is 0 Å². The minimum absolute atomic E-state index is 0. The Kier molecular flexibility index (Phi) is 17.1. The van der Waals surface area contributed by atoms with E-state index in [-0.39, 0.29) is 6.15 Å². The van der Waals surface area contributed by atoms with E-state index in [1.807, 2.05) is 0 Å². The standard InChI is InChI=1S/C2H2O4.C2H4.H3N/c3-1(4)2(5)6;1-2;/h(H,3,4)(H,5,6);1-2H2;1H3. The summed E-state index contributed by atoms with van der Waals surface area (Å²) in [6.45, 7) is 6.00. The van der Waals surface area contributed by atoms with E-state index in [1.54, 1.807) is 0 Å². The molecule has 0 aromatic rings. The normalized spacial score (nSPS) is 5.33. The van der Waals surface area contributed by atoms with Gasteiger partial charge in [-0.2, -0.15) is 0 Å². The van der Waals surface area contributed by atoms with Crippen LogP contribution in [0.3, 0.4) is 0 Å². The summed E-state index contributed by atoms with van der Waals surface area (Å²) in [5, 5.41) is 14.8. The molecule has 0 amide bonds. The van der Waals surface area contributed by atoms with Gasteiger partial charge in [0.1, 0.15) is 0 Å². The van der Waals surface area contributed by atoms with Crippen LogP contribution in [0.15, 0.2) is 13.2 Å². The Morgan fingerprint density at radius 3 is 1.11 bits per heavy atom. The first-order valence-corrected chi connectivity index (χ1v) is 1.61. The van der Waals surface area contributed by atoms with Gasteiger partial charge in [0.05, 0.1) is 0 Å². The molecular weight excluding hydrogens is 126 g/mol. The smallest absolute Gasteiger partial charge is 0.414 e. The molecule has 5 heteroatoms. The van der Waals surface area contributed by atoms with Crippen molar-refractivity contribution >= 4 is 11.9 Å². The monoisotopic (exact) mass is 135 g/mol. The lowest BCUT2D eigenvalue weighted by Crippen LogP contribution is -2.09. The van der Waals surface area contributed by atoms with Gasteiger partial charge in [-0.15, -0.1) is 13.2 Å². The molecule has 0 unspecified atom stereocenters. The Labute approximate surface area is 52.2 Å². The highest BCUT2D eigenvalue weighted by molar-refractivity contribution is 6.27. The zero-order valence-electron chi connectivity index (χ0n) is 4.83. The topological polar surface area (TPSA) is 110 Å². The molecule has 0 bridgehead atoms. The third-order valence-electron chi connectivity index (χ3n) is 0.183. The Hall–Kier alpha value is -1.36. The average molecular weight is 135 g/mol. The number of carboxylic acids is 2. The summed E-state index contributed by atoms with van der Waals surface area (Å²) in [4.78, 5) is 18.2. The second kappa shape index (κ2) is 9.81. The lowest BCUT2D eigenvalue weighted by atomic mass is 10.7. The molecular formula is C4H9NO4. The van der Waals surface area contributed by atoms with Gasteiger partial charge in [-0.3, -0.25) is 0 Å². The van der Waals surface area contributed by atoms with Crippen molar-refractivity contribution in [1.82, 2.24) is 6.15 Å². The van der Waals surface area contributed by atoms with Crippen molar-refractivity contribution in [3.05, 3.63) is 13.2 Å². The summed E-state index contributed by atoms with van der Waals surface area (Å²) in [7, 11) is 0. The molecule has 0 aliphatic carbocycles. The van der Waals surface area contributed by atoms with E-state index in [1.165, 1.54) is 0 Å². The molecule has 0 saturated heterocycles. The van der Waals surface area contributed by atoms with Gasteiger partial charge in [-0.25, -0.2) is 9.59 Å². The summed E-state index contributed by atoms with van der Waals surface area (Å²) in [5.41, 5.74) is 0. The Balaban J connectivity index is -0.000000109. The van der Waals surface area contributed by atoms with E-state index >= 15 is 0 Å². The van der Waals surface area contributed by atoms with Crippen molar-refractivity contribution < 1.29 is 19.8 Å². The molecule has 9 heavy (non-hydrogen) atoms. The van der Waals surface area contributed by atoms with Crippen molar-refractivity contribution in [2.24, 2.45) is 0 Å². The van der Waals surface area contributed by atoms with Crippen LogP contribution in [0.25, 0.3) is 0 Å². The zero-order valence-corrected chi connectivity index (χ0v) is 4.83. The lowest BCUT2D eigenvalue weighted by Gasteiger charge is -1.72. The SMILES string of the molecule is C=C.N.O=C(O)C(=O)O. The average Bonchev–Trinajstić information content (AvgIpc) is 1.72. The number of rotatable bonds is 0. The van der Waals surface area contributed by atoms with Crippen LogP contribution in [-0.2, 0) is 9.59 Å². The fraction of sp³-hybridized carbons (Fsp3) is 0. The van der Waals surface area contributed by atoms with Gasteiger partial charge in [-0.1, -0.05) is 0 Å². The highest BCUT2D eigenvalue weighted by atomic mass is 16.4. The lowest BCUT2D eigenvalue weighted by molar-refractivity contribution is -0.159. The second-order valence-corrected chi connectivity index (χ2v) is 0.610. The molecule has 0 aromatic heterocycles. The quantitative estimate of drug-likeness (QED) is 0.322. The van der Waals surface area contributed by atoms with Crippen LogP contribution in [0.5, 0.6) is 0 Å². The van der Waals surface area contributed by atoms with Crippen LogP contribution in [0.4, 0.5) is 0 Å². The third-order valence-corrected chi connectivity index (χ3v) is 0.183. The van der Waals surface area contributed by atoms with E-state index in [4.69, 9.17) is 19.8 Å². The molecule has 0 spiro atoms. The van der Waals surface area contributed by atoms with E-state index in [9.17, 15) is 0 Å². The summed E-state index contributed by atoms with van der Waals surface area (Å²) in [6.07, 6.45) is 0. The second-order valence-electron chi connectivity index (χ2n) is 0.610. The van der Waals surface area contributed by atoms with Crippen LogP contribution in [0.1, 0.15) is 0 Å². The van der Waals surface area contributed by atoms with Crippen molar-refractivity contribution in [2.45, 2.75) is 0 Å². The molecule has 0 aliphatic heterocycles. The Bertz CT molecular complexity index is 88.7. The minimum Gasteiger partial charge on any atom is -0.473 e. The summed E-state index contributed by atoms with van der Waals surface area (Å²) in [6, 6.07) is 0. The number of carboxylic acid groups (broad SMARTS) is 2. The molecule has 0 aliphatic rings. The summed E-state index contributed by atoms with van der Waals surface area (Å²) >= 11 is 0.